The normalized spacial score (nSPS) is 13.6. The summed E-state index contributed by atoms with van der Waals surface area (Å²) >= 11 is 0. The first-order chi connectivity index (χ1) is 16.4. The maximum absolute atomic E-state index is 13.2. The molecule has 0 saturated heterocycles. The molecule has 1 atom stereocenters. The summed E-state index contributed by atoms with van der Waals surface area (Å²) in [6.07, 6.45) is -5.71. The monoisotopic (exact) mass is 545 g/mol. The van der Waals surface area contributed by atoms with Gasteiger partial charge in [0.15, 0.2) is 8.32 Å². The number of carbonyl (C=O) groups is 1. The number of hydrogen-bond acceptors (Lipinski definition) is 5. The first-order valence-electron chi connectivity index (χ1n) is 11.9. The maximum Gasteiger partial charge on any atom is 0.471 e. The van der Waals surface area contributed by atoms with Gasteiger partial charge in [-0.3, -0.25) is 4.79 Å². The zero-order valence-electron chi connectivity index (χ0n) is 22.6. The summed E-state index contributed by atoms with van der Waals surface area (Å²) in [7, 11) is -2.50. The average Bonchev–Trinajstić information content (AvgIpc) is 2.72. The van der Waals surface area contributed by atoms with Gasteiger partial charge in [0.25, 0.3) is 0 Å². The standard InChI is InChI=1S/C25H38F3NO5Si2/c1-17(2)29(24(30)25(26,27)28)15-19(33-35(4,5)6)16-32-22-12-13-23(34-36(7,8)9)20-11-10-18(31-3)14-21(20)22/h10-14,17,19H,15-16H2,1-9H3. The first-order valence-corrected chi connectivity index (χ1v) is 18.7. The lowest BCUT2D eigenvalue weighted by molar-refractivity contribution is -0.188. The van der Waals surface area contributed by atoms with Gasteiger partial charge in [-0.2, -0.15) is 13.2 Å². The summed E-state index contributed by atoms with van der Waals surface area (Å²) in [5.74, 6) is 0.00365. The molecule has 0 bridgehead atoms. The number of nitrogens with zero attached hydrogens (tertiary/aromatic N) is 1. The van der Waals surface area contributed by atoms with Crippen LogP contribution in [0.2, 0.25) is 39.3 Å². The Labute approximate surface area is 213 Å². The predicted octanol–water partition coefficient (Wildman–Crippen LogP) is 6.46. The summed E-state index contributed by atoms with van der Waals surface area (Å²) in [5, 5.41) is 1.60. The summed E-state index contributed by atoms with van der Waals surface area (Å²) in [6.45, 7) is 14.9. The van der Waals surface area contributed by atoms with E-state index in [1.807, 2.05) is 43.9 Å². The van der Waals surface area contributed by atoms with Crippen LogP contribution in [0.4, 0.5) is 13.2 Å². The van der Waals surface area contributed by atoms with Gasteiger partial charge in [0, 0.05) is 23.4 Å². The third-order valence-corrected chi connectivity index (χ3v) is 6.90. The summed E-state index contributed by atoms with van der Waals surface area (Å²) in [4.78, 5) is 12.9. The molecule has 1 unspecified atom stereocenters. The Hall–Kier alpha value is -2.25. The molecular formula is C25H38F3NO5Si2. The van der Waals surface area contributed by atoms with E-state index < -0.39 is 40.9 Å². The third-order valence-electron chi connectivity index (χ3n) is 5.03. The second kappa shape index (κ2) is 11.4. The number of methoxy groups -OCH3 is 1. The van der Waals surface area contributed by atoms with Crippen molar-refractivity contribution >= 4 is 33.3 Å². The van der Waals surface area contributed by atoms with E-state index in [1.54, 1.807) is 27.0 Å². The number of amides is 1. The average molecular weight is 546 g/mol. The Bertz CT molecular complexity index is 1050. The lowest BCUT2D eigenvalue weighted by atomic mass is 10.1. The predicted molar refractivity (Wildman–Crippen MR) is 141 cm³/mol. The molecule has 1 amide bonds. The lowest BCUT2D eigenvalue weighted by Gasteiger charge is -2.34. The summed E-state index contributed by atoms with van der Waals surface area (Å²) < 4.78 is 63.6. The minimum atomic E-state index is -4.96. The SMILES string of the molecule is COc1ccc2c(O[Si](C)(C)C)ccc(OCC(CN(C(=O)C(F)(F)F)C(C)C)O[Si](C)(C)C)c2c1. The van der Waals surface area contributed by atoms with Crippen LogP contribution in [0.1, 0.15) is 13.8 Å². The Morgan fingerprint density at radius 1 is 0.944 bits per heavy atom. The maximum atomic E-state index is 13.2. The molecule has 36 heavy (non-hydrogen) atoms. The second-order valence-corrected chi connectivity index (χ2v) is 19.8. The number of hydrogen-bond donors (Lipinski definition) is 0. The molecule has 2 rings (SSSR count). The van der Waals surface area contributed by atoms with Crippen molar-refractivity contribution in [2.24, 2.45) is 0 Å². The quantitative estimate of drug-likeness (QED) is 0.303. The van der Waals surface area contributed by atoms with Crippen LogP contribution in [-0.4, -0.2) is 66.0 Å². The number of benzene rings is 2. The number of halogens is 3. The second-order valence-electron chi connectivity index (χ2n) is 10.9. The molecule has 0 aromatic heterocycles. The number of rotatable bonds is 11. The van der Waals surface area contributed by atoms with E-state index in [0.29, 0.717) is 11.5 Å². The van der Waals surface area contributed by atoms with Gasteiger partial charge in [0.05, 0.1) is 13.2 Å². The zero-order valence-corrected chi connectivity index (χ0v) is 24.6. The number of ether oxygens (including phenoxy) is 2. The highest BCUT2D eigenvalue weighted by Crippen LogP contribution is 2.37. The highest BCUT2D eigenvalue weighted by atomic mass is 28.4. The van der Waals surface area contributed by atoms with E-state index in [1.165, 1.54) is 0 Å². The number of alkyl halides is 3. The highest BCUT2D eigenvalue weighted by Gasteiger charge is 2.44. The third kappa shape index (κ3) is 8.70. The molecule has 0 aliphatic rings. The molecule has 2 aromatic rings. The van der Waals surface area contributed by atoms with Crippen LogP contribution in [0.25, 0.3) is 10.8 Å². The van der Waals surface area contributed by atoms with Crippen molar-refractivity contribution < 1.29 is 36.3 Å². The summed E-state index contributed by atoms with van der Waals surface area (Å²) in [5.41, 5.74) is 0. The topological polar surface area (TPSA) is 57.2 Å². The first kappa shape index (κ1) is 30.0. The van der Waals surface area contributed by atoms with Crippen LogP contribution in [-0.2, 0) is 9.22 Å². The fourth-order valence-electron chi connectivity index (χ4n) is 3.66. The summed E-state index contributed by atoms with van der Waals surface area (Å²) in [6, 6.07) is 8.53. The Morgan fingerprint density at radius 3 is 2.06 bits per heavy atom. The fraction of sp³-hybridized carbons (Fsp3) is 0.560. The fourth-order valence-corrected chi connectivity index (χ4v) is 5.64. The zero-order chi connectivity index (χ0) is 27.5. The van der Waals surface area contributed by atoms with Gasteiger partial charge < -0.3 is 23.2 Å². The molecule has 202 valence electrons. The minimum Gasteiger partial charge on any atom is -0.544 e. The molecular weight excluding hydrogens is 507 g/mol. The van der Waals surface area contributed by atoms with Crippen LogP contribution in [0.3, 0.4) is 0 Å². The van der Waals surface area contributed by atoms with Crippen LogP contribution >= 0.6 is 0 Å². The smallest absolute Gasteiger partial charge is 0.471 e. The van der Waals surface area contributed by atoms with E-state index in [2.05, 4.69) is 19.6 Å². The molecule has 11 heteroatoms. The van der Waals surface area contributed by atoms with Gasteiger partial charge in [-0.05, 0) is 83.5 Å². The molecule has 6 nitrogen and oxygen atoms in total. The van der Waals surface area contributed by atoms with E-state index in [4.69, 9.17) is 18.3 Å². The molecule has 0 N–H and O–H groups in total. The lowest BCUT2D eigenvalue weighted by Crippen LogP contribution is -2.51. The van der Waals surface area contributed by atoms with Gasteiger partial charge in [-0.15, -0.1) is 0 Å². The molecule has 0 radical (unpaired) electrons. The largest absolute Gasteiger partial charge is 0.544 e. The van der Waals surface area contributed by atoms with Crippen LogP contribution in [0, 0.1) is 0 Å². The van der Waals surface area contributed by atoms with Crippen molar-refractivity contribution in [2.75, 3.05) is 20.3 Å². The van der Waals surface area contributed by atoms with Crippen molar-refractivity contribution in [1.82, 2.24) is 4.90 Å². The van der Waals surface area contributed by atoms with Gasteiger partial charge in [0.2, 0.25) is 8.32 Å². The van der Waals surface area contributed by atoms with E-state index in [-0.39, 0.29) is 13.2 Å². The van der Waals surface area contributed by atoms with Crippen molar-refractivity contribution in [3.05, 3.63) is 30.3 Å². The molecule has 2 aromatic carbocycles. The molecule has 0 spiro atoms. The van der Waals surface area contributed by atoms with Crippen molar-refractivity contribution in [2.45, 2.75) is 71.5 Å². The van der Waals surface area contributed by atoms with Crippen LogP contribution in [0.5, 0.6) is 17.2 Å². The van der Waals surface area contributed by atoms with E-state index >= 15 is 0 Å². The molecule has 0 fully saturated rings. The van der Waals surface area contributed by atoms with Gasteiger partial charge in [-0.1, -0.05) is 0 Å². The highest BCUT2D eigenvalue weighted by molar-refractivity contribution is 6.70. The Kier molecular flexibility index (Phi) is 9.52. The molecule has 0 aliphatic heterocycles. The van der Waals surface area contributed by atoms with Crippen LogP contribution < -0.4 is 13.9 Å². The molecule has 0 heterocycles. The van der Waals surface area contributed by atoms with Crippen molar-refractivity contribution in [3.8, 4) is 17.2 Å². The Morgan fingerprint density at radius 2 is 1.56 bits per heavy atom. The number of carbonyl (C=O) groups excluding carboxylic acids is 1. The van der Waals surface area contributed by atoms with Gasteiger partial charge >= 0.3 is 12.1 Å². The van der Waals surface area contributed by atoms with Crippen LogP contribution in [0.15, 0.2) is 30.3 Å². The number of fused-ring (bicyclic) bond motifs is 1. The Balaban J connectivity index is 2.40. The van der Waals surface area contributed by atoms with Crippen molar-refractivity contribution in [3.63, 3.8) is 0 Å². The van der Waals surface area contributed by atoms with Gasteiger partial charge in [-0.25, -0.2) is 0 Å². The minimum absolute atomic E-state index is 0.0286. The van der Waals surface area contributed by atoms with Crippen molar-refractivity contribution in [1.29, 1.82) is 0 Å². The van der Waals surface area contributed by atoms with E-state index in [0.717, 1.165) is 21.4 Å². The molecule has 0 saturated carbocycles. The van der Waals surface area contributed by atoms with E-state index in [9.17, 15) is 18.0 Å². The molecule has 0 aliphatic carbocycles. The van der Waals surface area contributed by atoms with Gasteiger partial charge in [0.1, 0.15) is 23.9 Å².